The van der Waals surface area contributed by atoms with E-state index in [1.54, 1.807) is 12.1 Å². The minimum Gasteiger partial charge on any atom is -0.418 e. The van der Waals surface area contributed by atoms with Crippen LogP contribution in [0.4, 0.5) is 0 Å². The maximum atomic E-state index is 10.9. The number of benzene rings is 1. The van der Waals surface area contributed by atoms with E-state index in [9.17, 15) is 4.79 Å². The lowest BCUT2D eigenvalue weighted by atomic mass is 10.1. The highest BCUT2D eigenvalue weighted by Gasteiger charge is 2.05. The van der Waals surface area contributed by atoms with E-state index in [0.717, 1.165) is 11.1 Å². The van der Waals surface area contributed by atoms with Crippen LogP contribution in [-0.4, -0.2) is 17.0 Å². The highest BCUT2D eigenvalue weighted by atomic mass is 16.5. The number of aryl methyl sites for hydroxylation is 2. The maximum Gasteiger partial charge on any atom is 0.419 e. The molecule has 14 heavy (non-hydrogen) atoms. The highest BCUT2D eigenvalue weighted by molar-refractivity contribution is 6.21. The number of esters is 1. The summed E-state index contributed by atoms with van der Waals surface area (Å²) >= 11 is 0. The second-order valence-electron chi connectivity index (χ2n) is 2.99. The van der Waals surface area contributed by atoms with Crippen molar-refractivity contribution in [3.63, 3.8) is 0 Å². The largest absolute Gasteiger partial charge is 0.419 e. The van der Waals surface area contributed by atoms with E-state index >= 15 is 0 Å². The van der Waals surface area contributed by atoms with Gasteiger partial charge in [-0.25, -0.2) is 4.79 Å². The van der Waals surface area contributed by atoms with Crippen molar-refractivity contribution in [3.8, 4) is 5.75 Å². The third kappa shape index (κ3) is 2.84. The van der Waals surface area contributed by atoms with E-state index in [4.69, 9.17) is 10.3 Å². The molecule has 0 saturated heterocycles. The maximum absolute atomic E-state index is 10.9. The molecule has 0 atom stereocenters. The standard InChI is InChI=1S/C10H10N2O2/c1-7-3-8(2)5-9(4-7)14-10(13)6-12-11/h3-6H,1-2H3. The first kappa shape index (κ1) is 10.2. The van der Waals surface area contributed by atoms with Crippen LogP contribution in [0.3, 0.4) is 0 Å². The van der Waals surface area contributed by atoms with Crippen LogP contribution >= 0.6 is 0 Å². The molecule has 1 aromatic rings. The number of carbonyl (C=O) groups excluding carboxylic acids is 1. The Morgan fingerprint density at radius 2 is 1.93 bits per heavy atom. The van der Waals surface area contributed by atoms with Crippen LogP contribution in [0.1, 0.15) is 11.1 Å². The van der Waals surface area contributed by atoms with Crippen molar-refractivity contribution in [2.45, 2.75) is 13.8 Å². The smallest absolute Gasteiger partial charge is 0.418 e. The lowest BCUT2D eigenvalue weighted by Crippen LogP contribution is -2.09. The van der Waals surface area contributed by atoms with Crippen molar-refractivity contribution in [2.75, 3.05) is 0 Å². The molecule has 1 aromatic carbocycles. The fourth-order valence-corrected chi connectivity index (χ4v) is 1.18. The van der Waals surface area contributed by atoms with E-state index in [2.05, 4.69) is 4.79 Å². The van der Waals surface area contributed by atoms with Crippen LogP contribution in [-0.2, 0) is 4.79 Å². The average molecular weight is 190 g/mol. The van der Waals surface area contributed by atoms with Gasteiger partial charge in [-0.05, 0) is 37.1 Å². The zero-order valence-corrected chi connectivity index (χ0v) is 8.02. The topological polar surface area (TPSA) is 62.7 Å². The molecule has 0 unspecified atom stereocenters. The van der Waals surface area contributed by atoms with Gasteiger partial charge in [0.2, 0.25) is 0 Å². The van der Waals surface area contributed by atoms with Gasteiger partial charge < -0.3 is 10.3 Å². The van der Waals surface area contributed by atoms with Crippen molar-refractivity contribution in [1.29, 1.82) is 0 Å². The van der Waals surface area contributed by atoms with Gasteiger partial charge in [-0.2, -0.15) is 4.79 Å². The fourth-order valence-electron chi connectivity index (χ4n) is 1.18. The van der Waals surface area contributed by atoms with E-state index < -0.39 is 5.97 Å². The fraction of sp³-hybridized carbons (Fsp3) is 0.200. The molecule has 0 N–H and O–H groups in total. The SMILES string of the molecule is Cc1cc(C)cc(OC(=O)C=[N+]=[N-])c1. The lowest BCUT2D eigenvalue weighted by Gasteiger charge is -2.02. The van der Waals surface area contributed by atoms with Crippen molar-refractivity contribution < 1.29 is 14.3 Å². The summed E-state index contributed by atoms with van der Waals surface area (Å²) in [6.45, 7) is 3.81. The molecule has 0 heterocycles. The summed E-state index contributed by atoms with van der Waals surface area (Å²) in [7, 11) is 0. The Balaban J connectivity index is 2.86. The van der Waals surface area contributed by atoms with E-state index in [1.165, 1.54) is 0 Å². The molecule has 0 bridgehead atoms. The third-order valence-electron chi connectivity index (χ3n) is 1.58. The molecule has 1 rings (SSSR count). The Labute approximate surface area is 81.7 Å². The molecule has 0 aliphatic heterocycles. The van der Waals surface area contributed by atoms with Crippen LogP contribution in [0, 0.1) is 13.8 Å². The van der Waals surface area contributed by atoms with Gasteiger partial charge >= 0.3 is 12.2 Å². The average Bonchev–Trinajstić information content (AvgIpc) is 2.01. The molecule has 0 aromatic heterocycles. The summed E-state index contributed by atoms with van der Waals surface area (Å²) in [6.07, 6.45) is 0.706. The third-order valence-corrected chi connectivity index (χ3v) is 1.58. The number of carbonyl (C=O) groups is 1. The van der Waals surface area contributed by atoms with Gasteiger partial charge in [-0.15, -0.1) is 0 Å². The van der Waals surface area contributed by atoms with Crippen LogP contribution in [0.25, 0.3) is 5.53 Å². The van der Waals surface area contributed by atoms with E-state index in [1.807, 2.05) is 19.9 Å². The first-order valence-electron chi connectivity index (χ1n) is 4.09. The second kappa shape index (κ2) is 4.35. The van der Waals surface area contributed by atoms with Gasteiger partial charge in [0.15, 0.2) is 0 Å². The van der Waals surface area contributed by atoms with Crippen LogP contribution < -0.4 is 4.74 Å². The van der Waals surface area contributed by atoms with Crippen molar-refractivity contribution >= 4 is 12.2 Å². The van der Waals surface area contributed by atoms with Gasteiger partial charge in [0.05, 0.1) is 0 Å². The zero-order chi connectivity index (χ0) is 10.6. The van der Waals surface area contributed by atoms with Crippen molar-refractivity contribution in [3.05, 3.63) is 34.9 Å². The molecule has 0 amide bonds. The minimum atomic E-state index is -0.697. The zero-order valence-electron chi connectivity index (χ0n) is 8.02. The number of hydrogen-bond acceptors (Lipinski definition) is 2. The summed E-state index contributed by atoms with van der Waals surface area (Å²) in [5.74, 6) is -0.245. The molecule has 0 aliphatic carbocycles. The summed E-state index contributed by atoms with van der Waals surface area (Å²) in [6, 6.07) is 5.43. The highest BCUT2D eigenvalue weighted by Crippen LogP contribution is 2.15. The molecule has 4 nitrogen and oxygen atoms in total. The molecule has 4 heteroatoms. The normalized spacial score (nSPS) is 9.00. The quantitative estimate of drug-likeness (QED) is 0.233. The van der Waals surface area contributed by atoms with Gasteiger partial charge in [-0.1, -0.05) is 6.07 Å². The Morgan fingerprint density at radius 1 is 1.36 bits per heavy atom. The summed E-state index contributed by atoms with van der Waals surface area (Å²) < 4.78 is 4.87. The van der Waals surface area contributed by atoms with Crippen LogP contribution in [0.2, 0.25) is 0 Å². The van der Waals surface area contributed by atoms with Gasteiger partial charge in [0, 0.05) is 0 Å². The van der Waals surface area contributed by atoms with E-state index in [-0.39, 0.29) is 0 Å². The summed E-state index contributed by atoms with van der Waals surface area (Å²) in [4.78, 5) is 13.5. The predicted octanol–water partition coefficient (Wildman–Crippen LogP) is 1.51. The molecular weight excluding hydrogens is 180 g/mol. The number of hydrogen-bond donors (Lipinski definition) is 0. The molecule has 0 aliphatic rings. The summed E-state index contributed by atoms with van der Waals surface area (Å²) in [5, 5.41) is 0. The molecule has 72 valence electrons. The molecular formula is C10H10N2O2. The Morgan fingerprint density at radius 3 is 2.43 bits per heavy atom. The van der Waals surface area contributed by atoms with Crippen LogP contribution in [0.5, 0.6) is 5.75 Å². The van der Waals surface area contributed by atoms with Crippen LogP contribution in [0.15, 0.2) is 18.2 Å². The Kier molecular flexibility index (Phi) is 3.15. The predicted molar refractivity (Wildman–Crippen MR) is 51.2 cm³/mol. The molecule has 0 spiro atoms. The van der Waals surface area contributed by atoms with E-state index in [0.29, 0.717) is 12.0 Å². The molecule has 0 saturated carbocycles. The second-order valence-corrected chi connectivity index (χ2v) is 2.99. The Hall–Kier alpha value is -1.93. The Bertz CT molecular complexity index is 386. The van der Waals surface area contributed by atoms with Gasteiger partial charge in [-0.3, -0.25) is 0 Å². The molecule has 0 radical (unpaired) electrons. The lowest BCUT2D eigenvalue weighted by molar-refractivity contribution is -0.130. The number of rotatable bonds is 2. The van der Waals surface area contributed by atoms with Gasteiger partial charge in [0.1, 0.15) is 5.75 Å². The van der Waals surface area contributed by atoms with Crippen molar-refractivity contribution in [1.82, 2.24) is 0 Å². The molecule has 0 fully saturated rings. The number of ether oxygens (including phenoxy) is 1. The summed E-state index contributed by atoms with van der Waals surface area (Å²) in [5.41, 5.74) is 10.1. The first-order valence-corrected chi connectivity index (χ1v) is 4.09. The van der Waals surface area contributed by atoms with Gasteiger partial charge in [0.25, 0.3) is 0 Å². The number of nitrogens with zero attached hydrogens (tertiary/aromatic N) is 2. The van der Waals surface area contributed by atoms with Crippen molar-refractivity contribution in [2.24, 2.45) is 0 Å². The minimum absolute atomic E-state index is 0.451. The monoisotopic (exact) mass is 190 g/mol. The first-order chi connectivity index (χ1) is 6.61.